The molecule has 0 amide bonds. The second-order valence-electron chi connectivity index (χ2n) is 4.17. The highest BCUT2D eigenvalue weighted by molar-refractivity contribution is 4.83. The van der Waals surface area contributed by atoms with Gasteiger partial charge in [0.05, 0.1) is 6.61 Å². The molecule has 2 nitrogen and oxygen atoms in total. The first-order valence-corrected chi connectivity index (χ1v) is 5.16. The Morgan fingerprint density at radius 1 is 1.25 bits per heavy atom. The molecule has 2 unspecified atom stereocenters. The minimum Gasteiger partial charge on any atom is -0.381 e. The summed E-state index contributed by atoms with van der Waals surface area (Å²) in [6.07, 6.45) is 5.49. The van der Waals surface area contributed by atoms with Crippen molar-refractivity contribution in [3.05, 3.63) is 0 Å². The van der Waals surface area contributed by atoms with E-state index in [1.807, 2.05) is 0 Å². The quantitative estimate of drug-likeness (QED) is 0.590. The molecule has 0 saturated carbocycles. The van der Waals surface area contributed by atoms with Crippen LogP contribution in [0.25, 0.3) is 0 Å². The normalized spacial score (nSPS) is 38.8. The molecule has 70 valence electrons. The Hall–Kier alpha value is -0.0800. The summed E-state index contributed by atoms with van der Waals surface area (Å²) in [7, 11) is 2.27. The van der Waals surface area contributed by atoms with Gasteiger partial charge in [-0.1, -0.05) is 6.42 Å². The highest BCUT2D eigenvalue weighted by Gasteiger charge is 2.29. The van der Waals surface area contributed by atoms with Crippen LogP contribution in [-0.4, -0.2) is 37.7 Å². The third kappa shape index (κ3) is 1.64. The van der Waals surface area contributed by atoms with Gasteiger partial charge in [-0.25, -0.2) is 0 Å². The molecule has 0 radical (unpaired) electrons. The number of nitrogens with zero attached hydrogens (tertiary/aromatic N) is 1. The van der Waals surface area contributed by atoms with E-state index in [0.717, 1.165) is 25.2 Å². The van der Waals surface area contributed by atoms with Gasteiger partial charge in [0, 0.05) is 12.6 Å². The summed E-state index contributed by atoms with van der Waals surface area (Å²) >= 11 is 0. The minimum atomic E-state index is 0.821. The first-order valence-electron chi connectivity index (χ1n) is 5.16. The van der Waals surface area contributed by atoms with Gasteiger partial charge >= 0.3 is 0 Å². The smallest absolute Gasteiger partial charge is 0.0510 e. The third-order valence-corrected chi connectivity index (χ3v) is 3.34. The van der Waals surface area contributed by atoms with Gasteiger partial charge in [-0.3, -0.25) is 0 Å². The molecule has 0 bridgehead atoms. The van der Waals surface area contributed by atoms with Crippen LogP contribution in [0.5, 0.6) is 0 Å². The monoisotopic (exact) mass is 169 g/mol. The van der Waals surface area contributed by atoms with Crippen LogP contribution in [0.3, 0.4) is 0 Å². The van der Waals surface area contributed by atoms with Crippen molar-refractivity contribution in [3.63, 3.8) is 0 Å². The van der Waals surface area contributed by atoms with Gasteiger partial charge in [0.15, 0.2) is 0 Å². The predicted octanol–water partition coefficient (Wildman–Crippen LogP) is 1.51. The zero-order chi connectivity index (χ0) is 8.39. The maximum Gasteiger partial charge on any atom is 0.0510 e. The van der Waals surface area contributed by atoms with Crippen LogP contribution in [0.1, 0.15) is 25.7 Å². The molecule has 2 fully saturated rings. The minimum absolute atomic E-state index is 0.821. The summed E-state index contributed by atoms with van der Waals surface area (Å²) in [6.45, 7) is 3.30. The van der Waals surface area contributed by atoms with Crippen LogP contribution in [0, 0.1) is 5.92 Å². The van der Waals surface area contributed by atoms with Crippen LogP contribution in [0.2, 0.25) is 0 Å². The lowest BCUT2D eigenvalue weighted by molar-refractivity contribution is 0.109. The molecule has 12 heavy (non-hydrogen) atoms. The molecule has 2 aliphatic heterocycles. The Bertz CT molecular complexity index is 143. The van der Waals surface area contributed by atoms with E-state index in [4.69, 9.17) is 4.74 Å². The van der Waals surface area contributed by atoms with Crippen molar-refractivity contribution < 1.29 is 4.74 Å². The van der Waals surface area contributed by atoms with Gasteiger partial charge < -0.3 is 9.64 Å². The number of likely N-dealkylation sites (tertiary alicyclic amines) is 1. The molecular formula is C10H19NO. The van der Waals surface area contributed by atoms with Crippen molar-refractivity contribution in [2.45, 2.75) is 31.7 Å². The maximum atomic E-state index is 5.43. The fraction of sp³-hybridized carbons (Fsp3) is 1.00. The van der Waals surface area contributed by atoms with Crippen LogP contribution in [-0.2, 0) is 4.74 Å². The van der Waals surface area contributed by atoms with Crippen molar-refractivity contribution in [1.82, 2.24) is 4.90 Å². The van der Waals surface area contributed by atoms with Crippen LogP contribution < -0.4 is 0 Å². The summed E-state index contributed by atoms with van der Waals surface area (Å²) in [5, 5.41) is 0. The van der Waals surface area contributed by atoms with Gasteiger partial charge in [-0.2, -0.15) is 0 Å². The molecule has 2 atom stereocenters. The molecule has 2 saturated heterocycles. The molecule has 0 spiro atoms. The molecule has 0 aromatic rings. The lowest BCUT2D eigenvalue weighted by atomic mass is 9.90. The van der Waals surface area contributed by atoms with Crippen LogP contribution in [0.15, 0.2) is 0 Å². The number of piperidine rings is 1. The van der Waals surface area contributed by atoms with Gasteiger partial charge in [-0.15, -0.1) is 0 Å². The number of rotatable bonds is 1. The summed E-state index contributed by atoms with van der Waals surface area (Å²) in [5.41, 5.74) is 0. The van der Waals surface area contributed by atoms with Gasteiger partial charge in [-0.05, 0) is 38.8 Å². The highest BCUT2D eigenvalue weighted by Crippen LogP contribution is 2.27. The maximum absolute atomic E-state index is 5.43. The molecular weight excluding hydrogens is 150 g/mol. The van der Waals surface area contributed by atoms with E-state index in [1.165, 1.54) is 32.2 Å². The molecule has 2 rings (SSSR count). The molecule has 0 N–H and O–H groups in total. The van der Waals surface area contributed by atoms with Crippen molar-refractivity contribution in [3.8, 4) is 0 Å². The predicted molar refractivity (Wildman–Crippen MR) is 49.2 cm³/mol. The fourth-order valence-electron chi connectivity index (χ4n) is 2.55. The lowest BCUT2D eigenvalue weighted by Gasteiger charge is -2.35. The van der Waals surface area contributed by atoms with E-state index in [9.17, 15) is 0 Å². The average Bonchev–Trinajstić information content (AvgIpc) is 2.57. The molecule has 2 heteroatoms. The highest BCUT2D eigenvalue weighted by atomic mass is 16.5. The first kappa shape index (κ1) is 8.52. The third-order valence-electron chi connectivity index (χ3n) is 3.34. The van der Waals surface area contributed by atoms with Gasteiger partial charge in [0.1, 0.15) is 0 Å². The van der Waals surface area contributed by atoms with E-state index >= 15 is 0 Å². The van der Waals surface area contributed by atoms with E-state index < -0.39 is 0 Å². The Balaban J connectivity index is 1.91. The molecule has 0 aromatic carbocycles. The largest absolute Gasteiger partial charge is 0.381 e. The topological polar surface area (TPSA) is 12.5 Å². The Morgan fingerprint density at radius 3 is 2.83 bits per heavy atom. The standard InChI is InChI=1S/C10H19NO/c1-11-6-3-2-4-10(11)9-5-7-12-8-9/h9-10H,2-8H2,1H3. The van der Waals surface area contributed by atoms with Crippen molar-refractivity contribution >= 4 is 0 Å². The summed E-state index contributed by atoms with van der Waals surface area (Å²) in [4.78, 5) is 2.53. The average molecular weight is 169 g/mol. The Labute approximate surface area is 74.9 Å². The van der Waals surface area contributed by atoms with E-state index in [0.29, 0.717) is 0 Å². The van der Waals surface area contributed by atoms with Gasteiger partial charge in [0.2, 0.25) is 0 Å². The van der Waals surface area contributed by atoms with Crippen molar-refractivity contribution in [2.75, 3.05) is 26.8 Å². The molecule has 2 heterocycles. The van der Waals surface area contributed by atoms with Crippen LogP contribution >= 0.6 is 0 Å². The van der Waals surface area contributed by atoms with Crippen LogP contribution in [0.4, 0.5) is 0 Å². The summed E-state index contributed by atoms with van der Waals surface area (Å²) < 4.78 is 5.43. The first-order chi connectivity index (χ1) is 5.88. The van der Waals surface area contributed by atoms with Gasteiger partial charge in [0.25, 0.3) is 0 Å². The van der Waals surface area contributed by atoms with Crippen molar-refractivity contribution in [2.24, 2.45) is 5.92 Å². The number of hydrogen-bond acceptors (Lipinski definition) is 2. The second kappa shape index (κ2) is 3.75. The lowest BCUT2D eigenvalue weighted by Crippen LogP contribution is -2.41. The zero-order valence-electron chi connectivity index (χ0n) is 7.96. The zero-order valence-corrected chi connectivity index (χ0v) is 7.96. The van der Waals surface area contributed by atoms with Crippen molar-refractivity contribution in [1.29, 1.82) is 0 Å². The Kier molecular flexibility index (Phi) is 2.66. The SMILES string of the molecule is CN1CCCCC1C1CCOC1. The Morgan fingerprint density at radius 2 is 2.17 bits per heavy atom. The van der Waals surface area contributed by atoms with E-state index in [1.54, 1.807) is 0 Å². The molecule has 2 aliphatic rings. The summed E-state index contributed by atoms with van der Waals surface area (Å²) in [6, 6.07) is 0.821. The van der Waals surface area contributed by atoms with E-state index in [-0.39, 0.29) is 0 Å². The van der Waals surface area contributed by atoms with E-state index in [2.05, 4.69) is 11.9 Å². The number of hydrogen-bond donors (Lipinski definition) is 0. The summed E-state index contributed by atoms with van der Waals surface area (Å²) in [5.74, 6) is 0.829. The molecule has 0 aromatic heterocycles. The number of ether oxygens (including phenoxy) is 1. The fourth-order valence-corrected chi connectivity index (χ4v) is 2.55. The second-order valence-corrected chi connectivity index (χ2v) is 4.17. The molecule has 0 aliphatic carbocycles.